The maximum atomic E-state index is 11.7. The van der Waals surface area contributed by atoms with Gasteiger partial charge in [-0.1, -0.05) is 0 Å². The third-order valence-electron chi connectivity index (χ3n) is 2.92. The molecule has 18 heavy (non-hydrogen) atoms. The molecular weight excluding hydrogens is 258 g/mol. The van der Waals surface area contributed by atoms with Crippen LogP contribution in [0.3, 0.4) is 0 Å². The summed E-state index contributed by atoms with van der Waals surface area (Å²) in [5, 5.41) is 11.4. The van der Waals surface area contributed by atoms with E-state index < -0.39 is 21.2 Å². The van der Waals surface area contributed by atoms with Crippen LogP contribution in [0.5, 0.6) is 0 Å². The van der Waals surface area contributed by atoms with Crippen molar-refractivity contribution in [3.63, 3.8) is 0 Å². The predicted octanol–water partition coefficient (Wildman–Crippen LogP) is -0.0706. The number of sulfonamides is 1. The lowest BCUT2D eigenvalue weighted by Crippen LogP contribution is -2.37. The molecule has 2 N–H and O–H groups in total. The maximum absolute atomic E-state index is 11.7. The zero-order chi connectivity index (χ0) is 14.1. The first-order valence-corrected chi connectivity index (χ1v) is 6.91. The van der Waals surface area contributed by atoms with Crippen molar-refractivity contribution < 1.29 is 18.3 Å². The van der Waals surface area contributed by atoms with Crippen molar-refractivity contribution in [2.45, 2.75) is 32.6 Å². The summed E-state index contributed by atoms with van der Waals surface area (Å²) in [6.07, 6.45) is 0. The van der Waals surface area contributed by atoms with Gasteiger partial charge < -0.3 is 5.11 Å². The van der Waals surface area contributed by atoms with E-state index in [9.17, 15) is 13.2 Å². The molecular formula is C10H17N3O4S. The van der Waals surface area contributed by atoms with Crippen LogP contribution >= 0.6 is 0 Å². The number of aromatic nitrogens is 2. The lowest BCUT2D eigenvalue weighted by atomic mass is 10.2. The van der Waals surface area contributed by atoms with Crippen LogP contribution in [0, 0.1) is 13.8 Å². The second-order valence-corrected chi connectivity index (χ2v) is 6.21. The van der Waals surface area contributed by atoms with Gasteiger partial charge in [-0.25, -0.2) is 13.1 Å². The van der Waals surface area contributed by atoms with E-state index in [1.807, 2.05) is 6.92 Å². The molecule has 0 aliphatic carbocycles. The minimum absolute atomic E-state index is 0.0471. The van der Waals surface area contributed by atoms with Gasteiger partial charge >= 0.3 is 5.97 Å². The summed E-state index contributed by atoms with van der Waals surface area (Å²) < 4.78 is 27.3. The monoisotopic (exact) mass is 275 g/mol. The minimum atomic E-state index is -3.87. The first kappa shape index (κ1) is 14.7. The second-order valence-electron chi connectivity index (χ2n) is 4.12. The number of aliphatic carboxylic acids is 1. The minimum Gasteiger partial charge on any atom is -0.480 e. The highest BCUT2D eigenvalue weighted by Crippen LogP contribution is 2.12. The lowest BCUT2D eigenvalue weighted by Gasteiger charge is -2.10. The normalized spacial score (nSPS) is 13.6. The molecule has 0 spiro atoms. The molecule has 0 aromatic carbocycles. The van der Waals surface area contributed by atoms with E-state index in [2.05, 4.69) is 9.82 Å². The number of carbonyl (C=O) groups is 1. The van der Waals surface area contributed by atoms with Crippen LogP contribution in [0.2, 0.25) is 0 Å². The fourth-order valence-electron chi connectivity index (χ4n) is 1.50. The number of carboxylic acid groups (broad SMARTS) is 1. The van der Waals surface area contributed by atoms with Gasteiger partial charge in [-0.2, -0.15) is 5.10 Å². The SMILES string of the molecule is Cc1nn(C)c(C)c1CNS(=O)(=O)C(C)C(=O)O. The van der Waals surface area contributed by atoms with Gasteiger partial charge in [-0.3, -0.25) is 9.48 Å². The number of nitrogens with zero attached hydrogens (tertiary/aromatic N) is 2. The molecule has 102 valence electrons. The molecule has 1 aromatic rings. The first-order chi connectivity index (χ1) is 8.16. The summed E-state index contributed by atoms with van der Waals surface area (Å²) in [6.45, 7) is 4.78. The standard InChI is InChI=1S/C10H17N3O4S/c1-6-9(7(2)13(4)12-6)5-11-18(16,17)8(3)10(14)15/h8,11H,5H2,1-4H3,(H,14,15). The molecule has 1 heterocycles. The van der Waals surface area contributed by atoms with Crippen molar-refractivity contribution in [1.29, 1.82) is 0 Å². The molecule has 0 bridgehead atoms. The van der Waals surface area contributed by atoms with Crippen LogP contribution < -0.4 is 4.72 Å². The Labute approximate surface area is 106 Å². The number of hydrogen-bond donors (Lipinski definition) is 2. The molecule has 0 saturated carbocycles. The van der Waals surface area contributed by atoms with Crippen LogP contribution in [0.4, 0.5) is 0 Å². The zero-order valence-corrected chi connectivity index (χ0v) is 11.6. The summed E-state index contributed by atoms with van der Waals surface area (Å²) in [6, 6.07) is 0. The Morgan fingerprint density at radius 3 is 2.44 bits per heavy atom. The number of rotatable bonds is 5. The summed E-state index contributed by atoms with van der Waals surface area (Å²) in [7, 11) is -2.10. The van der Waals surface area contributed by atoms with Crippen LogP contribution in [0.25, 0.3) is 0 Å². The average Bonchev–Trinajstić information content (AvgIpc) is 2.50. The molecule has 7 nitrogen and oxygen atoms in total. The van der Waals surface area contributed by atoms with E-state index in [-0.39, 0.29) is 6.54 Å². The molecule has 8 heteroatoms. The molecule has 1 unspecified atom stereocenters. The van der Waals surface area contributed by atoms with Crippen molar-refractivity contribution in [2.24, 2.45) is 7.05 Å². The number of nitrogens with one attached hydrogen (secondary N) is 1. The van der Waals surface area contributed by atoms with Gasteiger partial charge in [0.05, 0.1) is 5.69 Å². The van der Waals surface area contributed by atoms with E-state index in [1.165, 1.54) is 0 Å². The zero-order valence-electron chi connectivity index (χ0n) is 10.8. The van der Waals surface area contributed by atoms with Crippen LogP contribution in [0.1, 0.15) is 23.9 Å². The fourth-order valence-corrected chi connectivity index (χ4v) is 2.36. The maximum Gasteiger partial charge on any atom is 0.323 e. The van der Waals surface area contributed by atoms with Gasteiger partial charge in [-0.05, 0) is 20.8 Å². The van der Waals surface area contributed by atoms with Crippen LogP contribution in [-0.2, 0) is 28.4 Å². The molecule has 0 fully saturated rings. The van der Waals surface area contributed by atoms with E-state index in [1.54, 1.807) is 18.7 Å². The highest BCUT2D eigenvalue weighted by Gasteiger charge is 2.27. The molecule has 0 aliphatic heterocycles. The Morgan fingerprint density at radius 2 is 2.06 bits per heavy atom. The summed E-state index contributed by atoms with van der Waals surface area (Å²) in [4.78, 5) is 10.7. The highest BCUT2D eigenvalue weighted by atomic mass is 32.2. The van der Waals surface area contributed by atoms with Gasteiger partial charge in [0.1, 0.15) is 0 Å². The highest BCUT2D eigenvalue weighted by molar-refractivity contribution is 7.90. The third-order valence-corrected chi connectivity index (χ3v) is 4.60. The van der Waals surface area contributed by atoms with E-state index >= 15 is 0 Å². The first-order valence-electron chi connectivity index (χ1n) is 5.37. The Kier molecular flexibility index (Phi) is 4.12. The fraction of sp³-hybridized carbons (Fsp3) is 0.600. The number of aryl methyl sites for hydroxylation is 2. The van der Waals surface area contributed by atoms with Crippen LogP contribution in [-0.4, -0.2) is 34.5 Å². The van der Waals surface area contributed by atoms with E-state index in [0.717, 1.165) is 23.9 Å². The molecule has 1 rings (SSSR count). The Hall–Kier alpha value is -1.41. The Morgan fingerprint density at radius 1 is 1.50 bits per heavy atom. The number of carboxylic acids is 1. The quantitative estimate of drug-likeness (QED) is 0.783. The molecule has 1 atom stereocenters. The molecule has 0 radical (unpaired) electrons. The molecule has 0 amide bonds. The topological polar surface area (TPSA) is 101 Å². The van der Waals surface area contributed by atoms with Crippen molar-refractivity contribution >= 4 is 16.0 Å². The lowest BCUT2D eigenvalue weighted by molar-refractivity contribution is -0.136. The Bertz CT molecular complexity index is 562. The smallest absolute Gasteiger partial charge is 0.323 e. The predicted molar refractivity (Wildman–Crippen MR) is 65.5 cm³/mol. The van der Waals surface area contributed by atoms with Gasteiger partial charge in [0.25, 0.3) is 0 Å². The largest absolute Gasteiger partial charge is 0.480 e. The van der Waals surface area contributed by atoms with Gasteiger partial charge in [0.2, 0.25) is 10.0 Å². The summed E-state index contributed by atoms with van der Waals surface area (Å²) in [5.74, 6) is -1.37. The van der Waals surface area contributed by atoms with Crippen molar-refractivity contribution in [2.75, 3.05) is 0 Å². The van der Waals surface area contributed by atoms with Crippen molar-refractivity contribution in [1.82, 2.24) is 14.5 Å². The van der Waals surface area contributed by atoms with Gasteiger partial charge in [0.15, 0.2) is 5.25 Å². The van der Waals surface area contributed by atoms with E-state index in [0.29, 0.717) is 0 Å². The average molecular weight is 275 g/mol. The third kappa shape index (κ3) is 2.88. The second kappa shape index (κ2) is 5.07. The van der Waals surface area contributed by atoms with Gasteiger partial charge in [-0.15, -0.1) is 0 Å². The van der Waals surface area contributed by atoms with Crippen molar-refractivity contribution in [3.8, 4) is 0 Å². The molecule has 0 aliphatic rings. The summed E-state index contributed by atoms with van der Waals surface area (Å²) in [5.41, 5.74) is 2.33. The molecule has 1 aromatic heterocycles. The van der Waals surface area contributed by atoms with Crippen LogP contribution in [0.15, 0.2) is 0 Å². The Balaban J connectivity index is 2.86. The summed E-state index contributed by atoms with van der Waals surface area (Å²) >= 11 is 0. The number of hydrogen-bond acceptors (Lipinski definition) is 4. The molecule has 0 saturated heterocycles. The van der Waals surface area contributed by atoms with Crippen molar-refractivity contribution in [3.05, 3.63) is 17.0 Å². The van der Waals surface area contributed by atoms with Gasteiger partial charge in [0, 0.05) is 24.8 Å². The van der Waals surface area contributed by atoms with E-state index in [4.69, 9.17) is 5.11 Å².